The number of nitrogens with zero attached hydrogens (tertiary/aromatic N) is 2. The van der Waals surface area contributed by atoms with Gasteiger partial charge in [0.25, 0.3) is 0 Å². The number of aromatic nitrogens is 1. The highest BCUT2D eigenvalue weighted by atomic mass is 35.5. The third-order valence-corrected chi connectivity index (χ3v) is 5.45. The molecular weight excluding hydrogens is 410 g/mol. The van der Waals surface area contributed by atoms with Crippen molar-refractivity contribution in [2.24, 2.45) is 0 Å². The van der Waals surface area contributed by atoms with Crippen LogP contribution in [0.3, 0.4) is 0 Å². The maximum Gasteiger partial charge on any atom is 0.161 e. The SMILES string of the molecule is CCCCN(CCCC)CCCNCc1ccc(OCc2ccc(Cl)nc2)c(OC)c1. The Morgan fingerprint density at radius 2 is 1.65 bits per heavy atom. The fourth-order valence-corrected chi connectivity index (χ4v) is 3.47. The number of rotatable bonds is 16. The van der Waals surface area contributed by atoms with Gasteiger partial charge in [0.1, 0.15) is 11.8 Å². The zero-order valence-corrected chi connectivity index (χ0v) is 20.1. The lowest BCUT2D eigenvalue weighted by atomic mass is 10.2. The molecule has 0 unspecified atom stereocenters. The summed E-state index contributed by atoms with van der Waals surface area (Å²) in [5, 5.41) is 4.04. The fourth-order valence-electron chi connectivity index (χ4n) is 3.35. The first-order chi connectivity index (χ1) is 15.2. The summed E-state index contributed by atoms with van der Waals surface area (Å²) in [7, 11) is 1.67. The molecule has 0 bridgehead atoms. The van der Waals surface area contributed by atoms with E-state index in [2.05, 4.69) is 35.1 Å². The molecule has 5 nitrogen and oxygen atoms in total. The van der Waals surface area contributed by atoms with Crippen LogP contribution in [-0.4, -0.2) is 43.2 Å². The third kappa shape index (κ3) is 9.90. The predicted octanol–water partition coefficient (Wildman–Crippen LogP) is 5.70. The first kappa shape index (κ1) is 25.4. The minimum absolute atomic E-state index is 0.421. The molecule has 0 atom stereocenters. The zero-order chi connectivity index (χ0) is 22.3. The number of halogens is 1. The summed E-state index contributed by atoms with van der Waals surface area (Å²) in [6.07, 6.45) is 8.00. The molecular formula is C25H38ClN3O2. The Bertz CT molecular complexity index is 732. The van der Waals surface area contributed by atoms with E-state index in [9.17, 15) is 0 Å². The van der Waals surface area contributed by atoms with E-state index in [0.717, 1.165) is 30.2 Å². The topological polar surface area (TPSA) is 46.6 Å². The van der Waals surface area contributed by atoms with Gasteiger partial charge < -0.3 is 19.7 Å². The minimum atomic E-state index is 0.421. The van der Waals surface area contributed by atoms with Crippen LogP contribution in [0.1, 0.15) is 57.1 Å². The van der Waals surface area contributed by atoms with Gasteiger partial charge in [0, 0.05) is 18.3 Å². The van der Waals surface area contributed by atoms with Crippen LogP contribution >= 0.6 is 11.6 Å². The molecule has 0 saturated heterocycles. The number of hydrogen-bond donors (Lipinski definition) is 1. The molecule has 1 aromatic carbocycles. The summed E-state index contributed by atoms with van der Waals surface area (Å²) in [6, 6.07) is 9.76. The summed E-state index contributed by atoms with van der Waals surface area (Å²) >= 11 is 5.83. The lowest BCUT2D eigenvalue weighted by Crippen LogP contribution is -2.29. The molecule has 2 aromatic rings. The Hall–Kier alpha value is -1.82. The summed E-state index contributed by atoms with van der Waals surface area (Å²) in [5.74, 6) is 1.47. The molecule has 0 spiro atoms. The largest absolute Gasteiger partial charge is 0.493 e. The lowest BCUT2D eigenvalue weighted by molar-refractivity contribution is 0.261. The van der Waals surface area contributed by atoms with Crippen molar-refractivity contribution in [2.75, 3.05) is 33.3 Å². The third-order valence-electron chi connectivity index (χ3n) is 5.22. The van der Waals surface area contributed by atoms with E-state index in [-0.39, 0.29) is 0 Å². The van der Waals surface area contributed by atoms with Gasteiger partial charge in [0.2, 0.25) is 0 Å². The van der Waals surface area contributed by atoms with Crippen LogP contribution in [0.4, 0.5) is 0 Å². The molecule has 2 rings (SSSR count). The maximum absolute atomic E-state index is 5.91. The summed E-state index contributed by atoms with van der Waals surface area (Å²) < 4.78 is 11.4. The van der Waals surface area contributed by atoms with Gasteiger partial charge in [-0.25, -0.2) is 4.98 Å². The van der Waals surface area contributed by atoms with Crippen molar-refractivity contribution in [3.63, 3.8) is 0 Å². The van der Waals surface area contributed by atoms with Crippen molar-refractivity contribution < 1.29 is 9.47 Å². The predicted molar refractivity (Wildman–Crippen MR) is 129 cm³/mol. The standard InChI is InChI=1S/C25H38ClN3O2/c1-4-6-14-29(15-7-5-2)16-8-13-27-18-21-9-11-23(24(17-21)30-3)31-20-22-10-12-25(26)28-19-22/h9-12,17,19,27H,4-8,13-16,18,20H2,1-3H3. The van der Waals surface area contributed by atoms with E-state index in [0.29, 0.717) is 11.8 Å². The number of nitrogens with one attached hydrogen (secondary N) is 1. The summed E-state index contributed by atoms with van der Waals surface area (Å²) in [4.78, 5) is 6.69. The molecule has 0 aliphatic heterocycles. The van der Waals surface area contributed by atoms with Crippen molar-refractivity contribution in [3.8, 4) is 11.5 Å². The van der Waals surface area contributed by atoms with Gasteiger partial charge in [-0.15, -0.1) is 0 Å². The minimum Gasteiger partial charge on any atom is -0.493 e. The fraction of sp³-hybridized carbons (Fsp3) is 0.560. The van der Waals surface area contributed by atoms with Crippen LogP contribution in [0.15, 0.2) is 36.5 Å². The average Bonchev–Trinajstić information content (AvgIpc) is 2.80. The quantitative estimate of drug-likeness (QED) is 0.264. The smallest absolute Gasteiger partial charge is 0.161 e. The summed E-state index contributed by atoms with van der Waals surface area (Å²) in [5.41, 5.74) is 2.15. The van der Waals surface area contributed by atoms with Crippen molar-refractivity contribution in [2.45, 2.75) is 59.1 Å². The van der Waals surface area contributed by atoms with E-state index < -0.39 is 0 Å². The molecule has 1 heterocycles. The van der Waals surface area contributed by atoms with Crippen molar-refractivity contribution in [3.05, 3.63) is 52.8 Å². The Kier molecular flexibility index (Phi) is 12.4. The van der Waals surface area contributed by atoms with Gasteiger partial charge in [0.05, 0.1) is 7.11 Å². The van der Waals surface area contributed by atoms with Crippen LogP contribution in [0.2, 0.25) is 5.15 Å². The van der Waals surface area contributed by atoms with Crippen LogP contribution in [0.25, 0.3) is 0 Å². The van der Waals surface area contributed by atoms with Gasteiger partial charge in [0.15, 0.2) is 11.5 Å². The van der Waals surface area contributed by atoms with Gasteiger partial charge in [-0.3, -0.25) is 0 Å². The number of unbranched alkanes of at least 4 members (excludes halogenated alkanes) is 2. The van der Waals surface area contributed by atoms with E-state index in [4.69, 9.17) is 21.1 Å². The zero-order valence-electron chi connectivity index (χ0n) is 19.3. The van der Waals surface area contributed by atoms with E-state index in [1.165, 1.54) is 57.3 Å². The second kappa shape index (κ2) is 15.1. The maximum atomic E-state index is 5.91. The highest BCUT2D eigenvalue weighted by Gasteiger charge is 2.07. The molecule has 0 saturated carbocycles. The van der Waals surface area contributed by atoms with Gasteiger partial charge in [-0.05, 0) is 69.2 Å². The Labute approximate surface area is 193 Å². The normalized spacial score (nSPS) is 11.1. The van der Waals surface area contributed by atoms with Crippen molar-refractivity contribution in [1.82, 2.24) is 15.2 Å². The summed E-state index contributed by atoms with van der Waals surface area (Å²) in [6.45, 7) is 10.4. The van der Waals surface area contributed by atoms with E-state index in [1.54, 1.807) is 19.4 Å². The average molecular weight is 448 g/mol. The second-order valence-corrected chi connectivity index (χ2v) is 8.23. The molecule has 0 aliphatic carbocycles. The Morgan fingerprint density at radius 3 is 2.29 bits per heavy atom. The Balaban J connectivity index is 1.75. The molecule has 31 heavy (non-hydrogen) atoms. The molecule has 0 fully saturated rings. The van der Waals surface area contributed by atoms with Crippen molar-refractivity contribution in [1.29, 1.82) is 0 Å². The number of ether oxygens (including phenoxy) is 2. The van der Waals surface area contributed by atoms with Crippen LogP contribution < -0.4 is 14.8 Å². The number of methoxy groups -OCH3 is 1. The monoisotopic (exact) mass is 447 g/mol. The van der Waals surface area contributed by atoms with Crippen LogP contribution in [0.5, 0.6) is 11.5 Å². The number of pyridine rings is 1. The molecule has 0 radical (unpaired) electrons. The molecule has 0 aliphatic rings. The number of benzene rings is 1. The van der Waals surface area contributed by atoms with Gasteiger partial charge in [-0.1, -0.05) is 50.4 Å². The molecule has 1 N–H and O–H groups in total. The Morgan fingerprint density at radius 1 is 0.935 bits per heavy atom. The van der Waals surface area contributed by atoms with Gasteiger partial charge >= 0.3 is 0 Å². The molecule has 172 valence electrons. The highest BCUT2D eigenvalue weighted by Crippen LogP contribution is 2.28. The highest BCUT2D eigenvalue weighted by molar-refractivity contribution is 6.29. The molecule has 0 amide bonds. The van der Waals surface area contributed by atoms with Crippen molar-refractivity contribution >= 4 is 11.6 Å². The lowest BCUT2D eigenvalue weighted by Gasteiger charge is -2.22. The van der Waals surface area contributed by atoms with Crippen LogP contribution in [0, 0.1) is 0 Å². The second-order valence-electron chi connectivity index (χ2n) is 7.84. The number of hydrogen-bond acceptors (Lipinski definition) is 5. The van der Waals surface area contributed by atoms with Gasteiger partial charge in [-0.2, -0.15) is 0 Å². The van der Waals surface area contributed by atoms with E-state index in [1.807, 2.05) is 18.2 Å². The first-order valence-corrected chi connectivity index (χ1v) is 11.9. The molecule has 1 aromatic heterocycles. The van der Waals surface area contributed by atoms with Crippen LogP contribution in [-0.2, 0) is 13.2 Å². The molecule has 6 heteroatoms. The van der Waals surface area contributed by atoms with E-state index >= 15 is 0 Å². The first-order valence-electron chi connectivity index (χ1n) is 11.5.